The molecule has 0 aliphatic rings. The average molecular weight is 277 g/mol. The molecule has 5 nitrogen and oxygen atoms in total. The maximum atomic E-state index is 12.1. The zero-order chi connectivity index (χ0) is 13.8. The van der Waals surface area contributed by atoms with Gasteiger partial charge in [0.2, 0.25) is 0 Å². The number of nitrogens with one attached hydrogen (secondary N) is 1. The molecule has 0 aliphatic heterocycles. The van der Waals surface area contributed by atoms with Gasteiger partial charge in [-0.3, -0.25) is 4.79 Å². The van der Waals surface area contributed by atoms with Gasteiger partial charge in [0.15, 0.2) is 11.6 Å². The van der Waals surface area contributed by atoms with Gasteiger partial charge in [0.1, 0.15) is 4.88 Å². The topological polar surface area (TPSA) is 75.1 Å². The molecule has 2 N–H and O–H groups in total. The van der Waals surface area contributed by atoms with Gasteiger partial charge >= 0.3 is 0 Å². The molecule has 0 atom stereocenters. The first-order valence-electron chi connectivity index (χ1n) is 6.03. The summed E-state index contributed by atoms with van der Waals surface area (Å²) in [6.07, 6.45) is 3.38. The number of aryl methyl sites for hydroxylation is 2. The zero-order valence-corrected chi connectivity index (χ0v) is 11.6. The van der Waals surface area contributed by atoms with Crippen LogP contribution < -0.4 is 5.32 Å². The number of carbonyl (C=O) groups excluding carboxylic acids is 1. The van der Waals surface area contributed by atoms with Crippen molar-refractivity contribution in [3.63, 3.8) is 0 Å². The first kappa shape index (κ1) is 13.5. The Hall–Kier alpha value is -1.95. The number of aromatic hydroxyl groups is 1. The average Bonchev–Trinajstić information content (AvgIpc) is 2.74. The Morgan fingerprint density at radius 2 is 2.32 bits per heavy atom. The number of thiazole rings is 1. The molecule has 0 saturated carbocycles. The van der Waals surface area contributed by atoms with Gasteiger partial charge in [-0.1, -0.05) is 6.92 Å². The highest BCUT2D eigenvalue weighted by Gasteiger charge is 2.16. The number of anilines is 1. The number of carbonyl (C=O) groups is 1. The molecule has 0 fully saturated rings. The molecule has 19 heavy (non-hydrogen) atoms. The minimum Gasteiger partial charge on any atom is -0.504 e. The number of aromatic nitrogens is 2. The lowest BCUT2D eigenvalue weighted by Crippen LogP contribution is -2.12. The van der Waals surface area contributed by atoms with Gasteiger partial charge in [-0.15, -0.1) is 11.3 Å². The molecule has 6 heteroatoms. The van der Waals surface area contributed by atoms with Crippen molar-refractivity contribution in [2.75, 3.05) is 5.32 Å². The quantitative estimate of drug-likeness (QED) is 0.901. The highest BCUT2D eigenvalue weighted by Crippen LogP contribution is 2.23. The van der Waals surface area contributed by atoms with Crippen molar-refractivity contribution in [2.24, 2.45) is 0 Å². The van der Waals surface area contributed by atoms with Crippen LogP contribution in [0.1, 0.15) is 33.7 Å². The Morgan fingerprint density at radius 1 is 1.53 bits per heavy atom. The maximum absolute atomic E-state index is 12.1. The number of hydrogen-bond donors (Lipinski definition) is 2. The lowest BCUT2D eigenvalue weighted by Gasteiger charge is -2.04. The van der Waals surface area contributed by atoms with Crippen LogP contribution in [0.15, 0.2) is 18.3 Å². The molecule has 0 unspecified atom stereocenters. The van der Waals surface area contributed by atoms with E-state index in [9.17, 15) is 9.90 Å². The minimum atomic E-state index is -0.286. The molecule has 0 aliphatic carbocycles. The predicted molar refractivity (Wildman–Crippen MR) is 74.7 cm³/mol. The van der Waals surface area contributed by atoms with Gasteiger partial charge in [-0.2, -0.15) is 0 Å². The summed E-state index contributed by atoms with van der Waals surface area (Å²) in [4.78, 5) is 21.0. The Kier molecular flexibility index (Phi) is 4.11. The number of nitrogens with zero attached hydrogens (tertiary/aromatic N) is 2. The molecular formula is C13H15N3O2S. The smallest absolute Gasteiger partial charge is 0.268 e. The van der Waals surface area contributed by atoms with Crippen LogP contribution in [-0.2, 0) is 6.42 Å². The molecule has 2 aromatic heterocycles. The number of hydrogen-bond acceptors (Lipinski definition) is 5. The summed E-state index contributed by atoms with van der Waals surface area (Å²) in [5.74, 6) is -0.171. The van der Waals surface area contributed by atoms with E-state index in [0.29, 0.717) is 10.6 Å². The monoisotopic (exact) mass is 277 g/mol. The van der Waals surface area contributed by atoms with E-state index in [2.05, 4.69) is 22.2 Å². The molecule has 2 rings (SSSR count). The van der Waals surface area contributed by atoms with Gasteiger partial charge in [0, 0.05) is 6.20 Å². The molecule has 0 aromatic carbocycles. The van der Waals surface area contributed by atoms with E-state index in [1.165, 1.54) is 23.6 Å². The highest BCUT2D eigenvalue weighted by atomic mass is 32.1. The lowest BCUT2D eigenvalue weighted by molar-refractivity contribution is 0.102. The second kappa shape index (κ2) is 5.79. The molecule has 1 amide bonds. The molecule has 0 radical (unpaired) electrons. The van der Waals surface area contributed by atoms with Crippen molar-refractivity contribution in [3.8, 4) is 5.75 Å². The number of rotatable bonds is 4. The van der Waals surface area contributed by atoms with Crippen molar-refractivity contribution in [3.05, 3.63) is 33.9 Å². The van der Waals surface area contributed by atoms with Crippen LogP contribution in [0.4, 0.5) is 5.82 Å². The van der Waals surface area contributed by atoms with E-state index < -0.39 is 0 Å². The van der Waals surface area contributed by atoms with Gasteiger partial charge in [0.05, 0.1) is 10.7 Å². The van der Waals surface area contributed by atoms with Gasteiger partial charge in [-0.05, 0) is 31.9 Å². The molecule has 100 valence electrons. The molecular weight excluding hydrogens is 262 g/mol. The Balaban J connectivity index is 2.18. The summed E-state index contributed by atoms with van der Waals surface area (Å²) in [5.41, 5.74) is 0.710. The lowest BCUT2D eigenvalue weighted by atomic mass is 10.3. The van der Waals surface area contributed by atoms with Crippen molar-refractivity contribution in [2.45, 2.75) is 26.7 Å². The largest absolute Gasteiger partial charge is 0.504 e. The second-order valence-corrected chi connectivity index (χ2v) is 5.18. The summed E-state index contributed by atoms with van der Waals surface area (Å²) in [6, 6.07) is 3.08. The third kappa shape index (κ3) is 3.08. The Bertz CT molecular complexity index is 595. The third-order valence-corrected chi connectivity index (χ3v) is 3.75. The van der Waals surface area contributed by atoms with Gasteiger partial charge in [0.25, 0.3) is 5.91 Å². The van der Waals surface area contributed by atoms with Crippen LogP contribution >= 0.6 is 11.3 Å². The van der Waals surface area contributed by atoms with Crippen LogP contribution in [0.2, 0.25) is 0 Å². The highest BCUT2D eigenvalue weighted by molar-refractivity contribution is 7.13. The Morgan fingerprint density at radius 3 is 3.00 bits per heavy atom. The van der Waals surface area contributed by atoms with Crippen molar-refractivity contribution >= 4 is 23.1 Å². The molecule has 0 spiro atoms. The number of amides is 1. The molecule has 2 heterocycles. The van der Waals surface area contributed by atoms with Gasteiger partial charge in [-0.25, -0.2) is 9.97 Å². The SMILES string of the molecule is CCCc1nc(C)c(C(=O)Nc2ncccc2O)s1. The van der Waals surface area contributed by atoms with E-state index in [0.717, 1.165) is 17.8 Å². The Labute approximate surface area is 115 Å². The normalized spacial score (nSPS) is 10.4. The summed E-state index contributed by atoms with van der Waals surface area (Å²) >= 11 is 1.38. The van der Waals surface area contributed by atoms with Crippen LogP contribution in [0.5, 0.6) is 5.75 Å². The van der Waals surface area contributed by atoms with Crippen LogP contribution in [0.25, 0.3) is 0 Å². The summed E-state index contributed by atoms with van der Waals surface area (Å²) < 4.78 is 0. The summed E-state index contributed by atoms with van der Waals surface area (Å²) in [7, 11) is 0. The summed E-state index contributed by atoms with van der Waals surface area (Å²) in [5, 5.41) is 13.1. The fraction of sp³-hybridized carbons (Fsp3) is 0.308. The third-order valence-electron chi connectivity index (χ3n) is 2.53. The number of pyridine rings is 1. The van der Waals surface area contributed by atoms with Crippen LogP contribution in [-0.4, -0.2) is 21.0 Å². The van der Waals surface area contributed by atoms with Crippen molar-refractivity contribution in [1.82, 2.24) is 9.97 Å². The molecule has 2 aromatic rings. The van der Waals surface area contributed by atoms with E-state index >= 15 is 0 Å². The first-order chi connectivity index (χ1) is 9.11. The van der Waals surface area contributed by atoms with Crippen molar-refractivity contribution < 1.29 is 9.90 Å². The fourth-order valence-corrected chi connectivity index (χ4v) is 2.70. The van der Waals surface area contributed by atoms with Gasteiger partial charge < -0.3 is 10.4 Å². The van der Waals surface area contributed by atoms with Crippen molar-refractivity contribution in [1.29, 1.82) is 0 Å². The maximum Gasteiger partial charge on any atom is 0.268 e. The van der Waals surface area contributed by atoms with E-state index in [1.807, 2.05) is 6.92 Å². The van der Waals surface area contributed by atoms with E-state index in [1.54, 1.807) is 6.07 Å². The summed E-state index contributed by atoms with van der Waals surface area (Å²) in [6.45, 7) is 3.88. The first-order valence-corrected chi connectivity index (χ1v) is 6.85. The minimum absolute atomic E-state index is 0.0493. The van der Waals surface area contributed by atoms with Crippen LogP contribution in [0.3, 0.4) is 0 Å². The molecule has 0 saturated heterocycles. The van der Waals surface area contributed by atoms with E-state index in [4.69, 9.17) is 0 Å². The fourth-order valence-electron chi connectivity index (χ4n) is 1.64. The molecule has 0 bridgehead atoms. The predicted octanol–water partition coefficient (Wildman–Crippen LogP) is 2.76. The second-order valence-electron chi connectivity index (χ2n) is 4.10. The standard InChI is InChI=1S/C13H15N3O2S/c1-3-5-10-15-8(2)11(19-10)13(18)16-12-9(17)6-4-7-14-12/h4,6-7,17H,3,5H2,1-2H3,(H,14,16,18). The van der Waals surface area contributed by atoms with Crippen LogP contribution in [0, 0.1) is 6.92 Å². The zero-order valence-electron chi connectivity index (χ0n) is 10.8. The van der Waals surface area contributed by atoms with E-state index in [-0.39, 0.29) is 17.5 Å².